The van der Waals surface area contributed by atoms with Crippen molar-refractivity contribution in [3.05, 3.63) is 53.0 Å². The lowest BCUT2D eigenvalue weighted by Crippen LogP contribution is -2.34. The molecule has 1 aliphatic heterocycles. The zero-order chi connectivity index (χ0) is 24.3. The molecule has 6 rings (SSSR count). The minimum Gasteiger partial charge on any atom is -0.452 e. The van der Waals surface area contributed by atoms with Gasteiger partial charge < -0.3 is 9.15 Å². The molecule has 1 unspecified atom stereocenters. The normalized spacial score (nSPS) is 18.6. The molecule has 0 N–H and O–H groups in total. The molecule has 0 amide bonds. The van der Waals surface area contributed by atoms with Crippen LogP contribution in [0.25, 0.3) is 44.5 Å². The first-order chi connectivity index (χ1) is 16.9. The topological polar surface area (TPSA) is 92.9 Å². The Bertz CT molecular complexity index is 1620. The van der Waals surface area contributed by atoms with E-state index in [9.17, 15) is 4.79 Å². The Labute approximate surface area is 201 Å². The number of benzene rings is 1. The monoisotopic (exact) mass is 472 g/mol. The van der Waals surface area contributed by atoms with E-state index >= 15 is 0 Å². The van der Waals surface area contributed by atoms with Crippen molar-refractivity contribution in [2.24, 2.45) is 14.1 Å². The maximum absolute atomic E-state index is 13.6. The Hall–Kier alpha value is -3.72. The van der Waals surface area contributed by atoms with Crippen molar-refractivity contribution in [3.8, 4) is 22.4 Å². The predicted molar refractivity (Wildman–Crippen MR) is 133 cm³/mol. The summed E-state index contributed by atoms with van der Waals surface area (Å²) in [6.07, 6.45) is 9.97. The summed E-state index contributed by atoms with van der Waals surface area (Å²) < 4.78 is 17.8. The van der Waals surface area contributed by atoms with Gasteiger partial charge in [-0.1, -0.05) is 6.92 Å². The lowest BCUT2D eigenvalue weighted by molar-refractivity contribution is -0.00709. The lowest BCUT2D eigenvalue weighted by atomic mass is 9.99. The van der Waals surface area contributed by atoms with Crippen LogP contribution in [0.1, 0.15) is 37.8 Å². The summed E-state index contributed by atoms with van der Waals surface area (Å²) in [6, 6.07) is 4.19. The van der Waals surface area contributed by atoms with Gasteiger partial charge in [-0.2, -0.15) is 15.2 Å². The van der Waals surface area contributed by atoms with Gasteiger partial charge in [0.05, 0.1) is 18.5 Å². The first-order valence-corrected chi connectivity index (χ1v) is 12.0. The molecule has 2 atom stereocenters. The second-order valence-electron chi connectivity index (χ2n) is 9.45. The Morgan fingerprint density at radius 3 is 2.46 bits per heavy atom. The standard InChI is InChI=1S/C26H28N6O3/c1-5-20-10-19(6-7-34-20)32-23-21-9-16(17-11-27-30(3)13-17)8-15(2)24(21)35-25(23)22(29-26(32)33)18-12-28-31(4)14-18/h8-9,11-14,19-20H,5-7,10H2,1-4H3/t19?,20-/m0/s1. The number of aryl methyl sites for hydroxylation is 3. The maximum Gasteiger partial charge on any atom is 0.349 e. The number of furan rings is 1. The van der Waals surface area contributed by atoms with Crippen LogP contribution < -0.4 is 5.69 Å². The third kappa shape index (κ3) is 3.58. The molecule has 9 nitrogen and oxygen atoms in total. The number of nitrogens with zero attached hydrogens (tertiary/aromatic N) is 6. The molecule has 1 aromatic carbocycles. The second-order valence-corrected chi connectivity index (χ2v) is 9.45. The van der Waals surface area contributed by atoms with Crippen LogP contribution in [0, 0.1) is 6.92 Å². The van der Waals surface area contributed by atoms with E-state index < -0.39 is 0 Å². The van der Waals surface area contributed by atoms with Gasteiger partial charge in [0, 0.05) is 55.7 Å². The van der Waals surface area contributed by atoms with Crippen LogP contribution in [-0.4, -0.2) is 41.8 Å². The van der Waals surface area contributed by atoms with Crippen molar-refractivity contribution in [1.29, 1.82) is 0 Å². The summed E-state index contributed by atoms with van der Waals surface area (Å²) in [5, 5.41) is 9.53. The Morgan fingerprint density at radius 2 is 1.77 bits per heavy atom. The van der Waals surface area contributed by atoms with Crippen molar-refractivity contribution in [3.63, 3.8) is 0 Å². The number of ether oxygens (including phenoxy) is 1. The molecule has 9 heteroatoms. The zero-order valence-electron chi connectivity index (χ0n) is 20.4. The third-order valence-electron chi connectivity index (χ3n) is 7.00. The summed E-state index contributed by atoms with van der Waals surface area (Å²) in [7, 11) is 3.75. The molecule has 0 bridgehead atoms. The van der Waals surface area contributed by atoms with E-state index in [2.05, 4.69) is 34.2 Å². The minimum atomic E-state index is -0.273. The zero-order valence-corrected chi connectivity index (χ0v) is 20.4. The van der Waals surface area contributed by atoms with Gasteiger partial charge in [-0.05, 0) is 49.4 Å². The lowest BCUT2D eigenvalue weighted by Gasteiger charge is -2.30. The van der Waals surface area contributed by atoms with Crippen LogP contribution in [0.3, 0.4) is 0 Å². The van der Waals surface area contributed by atoms with Gasteiger partial charge in [0.1, 0.15) is 16.8 Å². The van der Waals surface area contributed by atoms with Gasteiger partial charge in [-0.3, -0.25) is 13.9 Å². The second kappa shape index (κ2) is 8.20. The van der Waals surface area contributed by atoms with Crippen LogP contribution in [0.4, 0.5) is 0 Å². The highest BCUT2D eigenvalue weighted by molar-refractivity contribution is 6.08. The number of hydrogen-bond donors (Lipinski definition) is 0. The highest BCUT2D eigenvalue weighted by Gasteiger charge is 2.29. The number of fused-ring (bicyclic) bond motifs is 3. The SMILES string of the molecule is CC[C@H]1CC(n2c(=O)nc(-c3cnn(C)c3)c3oc4c(C)cc(-c5cnn(C)c5)cc4c32)CCO1. The fraction of sp³-hybridized carbons (Fsp3) is 0.385. The van der Waals surface area contributed by atoms with Crippen molar-refractivity contribution in [2.75, 3.05) is 6.61 Å². The highest BCUT2D eigenvalue weighted by atomic mass is 16.5. The molecule has 0 radical (unpaired) electrons. The Kier molecular flexibility index (Phi) is 5.10. The van der Waals surface area contributed by atoms with Crippen LogP contribution in [0.15, 0.2) is 46.1 Å². The quantitative estimate of drug-likeness (QED) is 0.385. The molecule has 1 saturated heterocycles. The smallest absolute Gasteiger partial charge is 0.349 e. The molecule has 35 heavy (non-hydrogen) atoms. The van der Waals surface area contributed by atoms with E-state index in [1.165, 1.54) is 0 Å². The molecule has 1 fully saturated rings. The van der Waals surface area contributed by atoms with Crippen LogP contribution in [0.2, 0.25) is 0 Å². The first kappa shape index (κ1) is 21.8. The van der Waals surface area contributed by atoms with E-state index in [-0.39, 0.29) is 17.8 Å². The molecule has 180 valence electrons. The van der Waals surface area contributed by atoms with E-state index in [4.69, 9.17) is 9.15 Å². The van der Waals surface area contributed by atoms with Crippen LogP contribution in [-0.2, 0) is 18.8 Å². The summed E-state index contributed by atoms with van der Waals surface area (Å²) >= 11 is 0. The van der Waals surface area contributed by atoms with Crippen LogP contribution in [0.5, 0.6) is 0 Å². The van der Waals surface area contributed by atoms with Gasteiger partial charge in [-0.25, -0.2) is 4.79 Å². The Balaban J connectivity index is 1.68. The largest absolute Gasteiger partial charge is 0.452 e. The minimum absolute atomic E-state index is 0.0118. The fourth-order valence-electron chi connectivity index (χ4n) is 5.25. The molecule has 1 aliphatic rings. The first-order valence-electron chi connectivity index (χ1n) is 12.0. The van der Waals surface area contributed by atoms with E-state index in [0.717, 1.165) is 58.0 Å². The van der Waals surface area contributed by atoms with Crippen molar-refractivity contribution >= 4 is 22.1 Å². The molecule has 4 aromatic heterocycles. The molecular formula is C26H28N6O3. The molecule has 5 heterocycles. The fourth-order valence-corrected chi connectivity index (χ4v) is 5.25. The van der Waals surface area contributed by atoms with E-state index in [1.54, 1.807) is 15.6 Å². The van der Waals surface area contributed by atoms with Gasteiger partial charge >= 0.3 is 5.69 Å². The van der Waals surface area contributed by atoms with Gasteiger partial charge in [0.15, 0.2) is 5.58 Å². The molecule has 0 saturated carbocycles. The third-order valence-corrected chi connectivity index (χ3v) is 7.00. The predicted octanol–water partition coefficient (Wildman–Crippen LogP) is 4.38. The number of hydrogen-bond acceptors (Lipinski definition) is 6. The van der Waals surface area contributed by atoms with Crippen molar-refractivity contribution in [2.45, 2.75) is 45.3 Å². The average Bonchev–Trinajstić information content (AvgIpc) is 3.57. The summed E-state index contributed by atoms with van der Waals surface area (Å²) in [5.41, 5.74) is 6.20. The maximum atomic E-state index is 13.6. The van der Waals surface area contributed by atoms with Gasteiger partial charge in [0.2, 0.25) is 0 Å². The van der Waals surface area contributed by atoms with E-state index in [1.807, 2.05) is 44.2 Å². The number of aromatic nitrogens is 6. The van der Waals surface area contributed by atoms with Crippen molar-refractivity contribution < 1.29 is 9.15 Å². The van der Waals surface area contributed by atoms with Crippen molar-refractivity contribution in [1.82, 2.24) is 29.1 Å². The van der Waals surface area contributed by atoms with Crippen LogP contribution >= 0.6 is 0 Å². The summed E-state index contributed by atoms with van der Waals surface area (Å²) in [6.45, 7) is 4.77. The molecular weight excluding hydrogens is 444 g/mol. The molecule has 0 spiro atoms. The van der Waals surface area contributed by atoms with E-state index in [0.29, 0.717) is 17.9 Å². The summed E-state index contributed by atoms with van der Waals surface area (Å²) in [4.78, 5) is 18.2. The number of rotatable bonds is 4. The Morgan fingerprint density at radius 1 is 1.03 bits per heavy atom. The molecule has 5 aromatic rings. The van der Waals surface area contributed by atoms with Gasteiger partial charge in [-0.15, -0.1) is 0 Å². The van der Waals surface area contributed by atoms with Gasteiger partial charge in [0.25, 0.3) is 0 Å². The summed E-state index contributed by atoms with van der Waals surface area (Å²) in [5.74, 6) is 0. The molecule has 0 aliphatic carbocycles. The average molecular weight is 473 g/mol. The highest BCUT2D eigenvalue weighted by Crippen LogP contribution is 2.39.